The molecule has 1 aromatic carbocycles. The molecular formula is C21H31N3O6S. The fourth-order valence-corrected chi connectivity index (χ4v) is 5.47. The van der Waals surface area contributed by atoms with Crippen LogP contribution in [0.2, 0.25) is 0 Å². The van der Waals surface area contributed by atoms with Gasteiger partial charge in [0.2, 0.25) is 10.0 Å². The Hall–Kier alpha value is -2.33. The van der Waals surface area contributed by atoms with Gasteiger partial charge in [0.1, 0.15) is 5.75 Å². The molecule has 10 heteroatoms. The Labute approximate surface area is 183 Å². The lowest BCUT2D eigenvalue weighted by atomic mass is 10.1. The van der Waals surface area contributed by atoms with E-state index in [1.165, 1.54) is 29.6 Å². The summed E-state index contributed by atoms with van der Waals surface area (Å²) in [5.41, 5.74) is 0.211. The minimum absolute atomic E-state index is 0.101. The van der Waals surface area contributed by atoms with Crippen molar-refractivity contribution in [3.63, 3.8) is 0 Å². The molecule has 0 aromatic heterocycles. The molecule has 0 radical (unpaired) electrons. The van der Waals surface area contributed by atoms with Crippen LogP contribution in [0.3, 0.4) is 0 Å². The average Bonchev–Trinajstić information content (AvgIpc) is 3.08. The quantitative estimate of drug-likeness (QED) is 0.678. The van der Waals surface area contributed by atoms with E-state index < -0.39 is 16.1 Å². The van der Waals surface area contributed by atoms with Gasteiger partial charge in [-0.1, -0.05) is 12.8 Å². The highest BCUT2D eigenvalue weighted by Crippen LogP contribution is 2.27. The van der Waals surface area contributed by atoms with Crippen molar-refractivity contribution >= 4 is 22.0 Å². The highest BCUT2D eigenvalue weighted by atomic mass is 32.2. The molecule has 3 rings (SSSR count). The molecule has 172 valence electrons. The maximum atomic E-state index is 13.2. The molecule has 0 unspecified atom stereocenters. The van der Waals surface area contributed by atoms with E-state index in [2.05, 4.69) is 0 Å². The van der Waals surface area contributed by atoms with Crippen molar-refractivity contribution in [1.29, 1.82) is 0 Å². The van der Waals surface area contributed by atoms with Gasteiger partial charge in [0.25, 0.3) is 5.91 Å². The average molecular weight is 454 g/mol. The summed E-state index contributed by atoms with van der Waals surface area (Å²) in [6, 6.07) is 4.44. The molecule has 9 nitrogen and oxygen atoms in total. The number of nitrogens with zero attached hydrogens (tertiary/aromatic N) is 3. The molecule has 0 bridgehead atoms. The number of piperazine rings is 1. The van der Waals surface area contributed by atoms with Crippen molar-refractivity contribution in [1.82, 2.24) is 14.1 Å². The smallest absolute Gasteiger partial charge is 0.409 e. The fraction of sp³-hybridized carbons (Fsp3) is 0.619. The number of hydrogen-bond acceptors (Lipinski definition) is 6. The number of sulfonamides is 1. The summed E-state index contributed by atoms with van der Waals surface area (Å²) in [4.78, 5) is 28.3. The maximum absolute atomic E-state index is 13.2. The number of carbonyl (C=O) groups is 2. The summed E-state index contributed by atoms with van der Waals surface area (Å²) in [5, 5.41) is 0. The Balaban J connectivity index is 1.79. The van der Waals surface area contributed by atoms with Gasteiger partial charge in [0.05, 0.1) is 24.2 Å². The first kappa shape index (κ1) is 23.3. The highest BCUT2D eigenvalue weighted by molar-refractivity contribution is 7.89. The first-order valence-corrected chi connectivity index (χ1v) is 12.2. The minimum Gasteiger partial charge on any atom is -0.496 e. The van der Waals surface area contributed by atoms with Crippen molar-refractivity contribution in [2.45, 2.75) is 37.5 Å². The number of benzene rings is 1. The summed E-state index contributed by atoms with van der Waals surface area (Å²) >= 11 is 0. The third-order valence-corrected chi connectivity index (χ3v) is 7.59. The van der Waals surface area contributed by atoms with E-state index in [9.17, 15) is 18.0 Å². The molecule has 2 fully saturated rings. The first-order valence-electron chi connectivity index (χ1n) is 10.8. The van der Waals surface area contributed by atoms with Crippen LogP contribution in [0.5, 0.6) is 5.75 Å². The molecule has 0 N–H and O–H groups in total. The van der Waals surface area contributed by atoms with Crippen LogP contribution in [0.15, 0.2) is 23.1 Å². The Kier molecular flexibility index (Phi) is 7.77. The first-order chi connectivity index (χ1) is 14.9. The van der Waals surface area contributed by atoms with E-state index in [-0.39, 0.29) is 16.4 Å². The van der Waals surface area contributed by atoms with E-state index in [1.54, 1.807) is 16.7 Å². The van der Waals surface area contributed by atoms with E-state index in [4.69, 9.17) is 9.47 Å². The predicted octanol–water partition coefficient (Wildman–Crippen LogP) is 2.17. The van der Waals surface area contributed by atoms with Crippen LogP contribution in [0, 0.1) is 0 Å². The van der Waals surface area contributed by atoms with Crippen molar-refractivity contribution in [2.24, 2.45) is 0 Å². The maximum Gasteiger partial charge on any atom is 0.409 e. The zero-order chi connectivity index (χ0) is 22.4. The van der Waals surface area contributed by atoms with Crippen LogP contribution in [-0.2, 0) is 14.8 Å². The summed E-state index contributed by atoms with van der Waals surface area (Å²) in [6.07, 6.45) is 3.34. The van der Waals surface area contributed by atoms with Crippen molar-refractivity contribution in [3.05, 3.63) is 23.8 Å². The lowest BCUT2D eigenvalue weighted by molar-refractivity contribution is 0.0567. The Morgan fingerprint density at radius 3 is 2.13 bits per heavy atom. The largest absolute Gasteiger partial charge is 0.496 e. The molecule has 2 aliphatic rings. The molecule has 2 heterocycles. The van der Waals surface area contributed by atoms with E-state index >= 15 is 0 Å². The second kappa shape index (κ2) is 10.3. The third kappa shape index (κ3) is 5.30. The Bertz CT molecular complexity index is 888. The second-order valence-electron chi connectivity index (χ2n) is 7.66. The van der Waals surface area contributed by atoms with Gasteiger partial charge in [-0.2, -0.15) is 4.31 Å². The molecule has 0 aliphatic carbocycles. The van der Waals surface area contributed by atoms with Gasteiger partial charge >= 0.3 is 6.09 Å². The van der Waals surface area contributed by atoms with Crippen LogP contribution in [0.25, 0.3) is 0 Å². The number of ether oxygens (including phenoxy) is 2. The number of hydrogen-bond donors (Lipinski definition) is 0. The SMILES string of the molecule is CCOC(=O)N1CCN(C(=O)c2cc(S(=O)(=O)N3CCCCCC3)ccc2OC)CC1. The minimum atomic E-state index is -3.69. The fourth-order valence-electron chi connectivity index (χ4n) is 3.92. The molecule has 0 spiro atoms. The predicted molar refractivity (Wildman–Crippen MR) is 115 cm³/mol. The highest BCUT2D eigenvalue weighted by Gasteiger charge is 2.30. The van der Waals surface area contributed by atoms with Gasteiger partial charge in [-0.25, -0.2) is 13.2 Å². The van der Waals surface area contributed by atoms with Gasteiger partial charge in [-0.05, 0) is 38.0 Å². The van der Waals surface area contributed by atoms with Crippen LogP contribution in [0.4, 0.5) is 4.79 Å². The molecule has 0 atom stereocenters. The third-order valence-electron chi connectivity index (χ3n) is 5.70. The van der Waals surface area contributed by atoms with Gasteiger partial charge in [-0.3, -0.25) is 4.79 Å². The van der Waals surface area contributed by atoms with Crippen LogP contribution >= 0.6 is 0 Å². The van der Waals surface area contributed by atoms with Crippen molar-refractivity contribution in [2.75, 3.05) is 53.0 Å². The van der Waals surface area contributed by atoms with Gasteiger partial charge < -0.3 is 19.3 Å². The van der Waals surface area contributed by atoms with Gasteiger partial charge in [-0.15, -0.1) is 0 Å². The molecule has 0 saturated carbocycles. The summed E-state index contributed by atoms with van der Waals surface area (Å²) in [5.74, 6) is 0.0147. The van der Waals surface area contributed by atoms with E-state index in [0.29, 0.717) is 51.6 Å². The molecule has 2 aliphatic heterocycles. The van der Waals surface area contributed by atoms with Crippen LogP contribution < -0.4 is 4.74 Å². The molecule has 31 heavy (non-hydrogen) atoms. The number of methoxy groups -OCH3 is 1. The van der Waals surface area contributed by atoms with Gasteiger partial charge in [0, 0.05) is 39.3 Å². The number of rotatable bonds is 5. The molecular weight excluding hydrogens is 422 g/mol. The van der Waals surface area contributed by atoms with Crippen molar-refractivity contribution in [3.8, 4) is 5.75 Å². The number of carbonyl (C=O) groups excluding carboxylic acids is 2. The van der Waals surface area contributed by atoms with E-state index in [0.717, 1.165) is 25.7 Å². The van der Waals surface area contributed by atoms with Crippen LogP contribution in [0.1, 0.15) is 43.0 Å². The Morgan fingerprint density at radius 1 is 0.935 bits per heavy atom. The summed E-state index contributed by atoms with van der Waals surface area (Å²) < 4.78 is 38.2. The topological polar surface area (TPSA) is 96.5 Å². The monoisotopic (exact) mass is 453 g/mol. The zero-order valence-electron chi connectivity index (χ0n) is 18.2. The van der Waals surface area contributed by atoms with Gasteiger partial charge in [0.15, 0.2) is 0 Å². The summed E-state index contributed by atoms with van der Waals surface area (Å²) in [7, 11) is -2.23. The second-order valence-corrected chi connectivity index (χ2v) is 9.60. The zero-order valence-corrected chi connectivity index (χ0v) is 19.0. The molecule has 2 amide bonds. The standard InChI is InChI=1S/C21H31N3O6S/c1-3-30-21(26)23-14-12-22(13-15-23)20(25)18-16-17(8-9-19(18)29-2)31(27,28)24-10-6-4-5-7-11-24/h8-9,16H,3-7,10-15H2,1-2H3. The lowest BCUT2D eigenvalue weighted by Gasteiger charge is -2.34. The molecule has 2 saturated heterocycles. The van der Waals surface area contributed by atoms with Crippen LogP contribution in [-0.4, -0.2) is 87.5 Å². The summed E-state index contributed by atoms with van der Waals surface area (Å²) in [6.45, 7) is 4.43. The Morgan fingerprint density at radius 2 is 1.55 bits per heavy atom. The molecule has 1 aromatic rings. The number of amides is 2. The van der Waals surface area contributed by atoms with Crippen molar-refractivity contribution < 1.29 is 27.5 Å². The lowest BCUT2D eigenvalue weighted by Crippen LogP contribution is -2.50. The van der Waals surface area contributed by atoms with E-state index in [1.807, 2.05) is 0 Å². The normalized spacial score (nSPS) is 18.4.